The number of benzene rings is 1. The van der Waals surface area contributed by atoms with Gasteiger partial charge in [-0.2, -0.15) is 5.26 Å². The van der Waals surface area contributed by atoms with Crippen LogP contribution in [0.5, 0.6) is 0 Å². The van der Waals surface area contributed by atoms with Gasteiger partial charge in [0.15, 0.2) is 0 Å². The molecule has 1 rings (SSSR count). The predicted molar refractivity (Wildman–Crippen MR) is 68.8 cm³/mol. The van der Waals surface area contributed by atoms with E-state index in [9.17, 15) is 4.79 Å². The summed E-state index contributed by atoms with van der Waals surface area (Å²) in [5.41, 5.74) is 8.92. The lowest BCUT2D eigenvalue weighted by Gasteiger charge is -2.13. The van der Waals surface area contributed by atoms with Gasteiger partial charge in [-0.1, -0.05) is 13.0 Å². The van der Waals surface area contributed by atoms with Crippen molar-refractivity contribution >= 4 is 5.97 Å². The maximum atomic E-state index is 11.6. The van der Waals surface area contributed by atoms with E-state index in [0.717, 1.165) is 17.5 Å². The lowest BCUT2D eigenvalue weighted by atomic mass is 9.93. The largest absolute Gasteiger partial charge is 0.466 e. The molecule has 0 saturated carbocycles. The Morgan fingerprint density at radius 3 is 2.61 bits per heavy atom. The van der Waals surface area contributed by atoms with Gasteiger partial charge in [0.05, 0.1) is 24.7 Å². The fourth-order valence-corrected chi connectivity index (χ4v) is 1.99. The molecule has 0 unspecified atom stereocenters. The van der Waals surface area contributed by atoms with Gasteiger partial charge in [-0.25, -0.2) is 0 Å². The average Bonchev–Trinajstić information content (AvgIpc) is 2.38. The van der Waals surface area contributed by atoms with Crippen molar-refractivity contribution in [3.8, 4) is 6.07 Å². The quantitative estimate of drug-likeness (QED) is 0.802. The molecule has 0 aromatic heterocycles. The summed E-state index contributed by atoms with van der Waals surface area (Å²) in [6.45, 7) is 4.45. The smallest absolute Gasteiger partial charge is 0.310 e. The van der Waals surface area contributed by atoms with Crippen molar-refractivity contribution in [2.45, 2.75) is 33.2 Å². The second kappa shape index (κ2) is 6.77. The van der Waals surface area contributed by atoms with Crippen LogP contribution < -0.4 is 5.73 Å². The van der Waals surface area contributed by atoms with Crippen molar-refractivity contribution in [2.75, 3.05) is 6.61 Å². The van der Waals surface area contributed by atoms with Gasteiger partial charge in [0.25, 0.3) is 0 Å². The van der Waals surface area contributed by atoms with Crippen LogP contribution >= 0.6 is 0 Å². The summed E-state index contributed by atoms with van der Waals surface area (Å²) in [5, 5.41) is 9.10. The first-order valence-corrected chi connectivity index (χ1v) is 6.07. The van der Waals surface area contributed by atoms with E-state index in [1.54, 1.807) is 13.0 Å². The molecule has 0 aliphatic carbocycles. The maximum Gasteiger partial charge on any atom is 0.310 e. The molecular weight excluding hydrogens is 228 g/mol. The fraction of sp³-hybridized carbons (Fsp3) is 0.429. The molecule has 0 atom stereocenters. The van der Waals surface area contributed by atoms with Crippen LogP contribution in [-0.2, 0) is 28.9 Å². The van der Waals surface area contributed by atoms with Crippen molar-refractivity contribution in [3.05, 3.63) is 34.4 Å². The van der Waals surface area contributed by atoms with Crippen LogP contribution in [0.25, 0.3) is 0 Å². The number of hydrogen-bond acceptors (Lipinski definition) is 4. The number of esters is 1. The molecule has 4 nitrogen and oxygen atoms in total. The summed E-state index contributed by atoms with van der Waals surface area (Å²) in [6.07, 6.45) is 0.936. The standard InChI is InChI=1S/C14H18N2O2/c1-3-10-5-6-11(8-15)12(13(10)9-16)7-14(17)18-4-2/h5-6H,3-4,7,9,16H2,1-2H3. The first-order valence-electron chi connectivity index (χ1n) is 6.07. The summed E-state index contributed by atoms with van der Waals surface area (Å²) in [6, 6.07) is 5.75. The zero-order valence-electron chi connectivity index (χ0n) is 10.8. The highest BCUT2D eigenvalue weighted by Crippen LogP contribution is 2.20. The Labute approximate surface area is 107 Å². The second-order valence-electron chi connectivity index (χ2n) is 3.88. The Hall–Kier alpha value is -1.86. The summed E-state index contributed by atoms with van der Waals surface area (Å²) in [4.78, 5) is 11.6. The van der Waals surface area contributed by atoms with E-state index < -0.39 is 0 Å². The highest BCUT2D eigenvalue weighted by molar-refractivity contribution is 5.74. The fourth-order valence-electron chi connectivity index (χ4n) is 1.99. The number of rotatable bonds is 5. The van der Waals surface area contributed by atoms with Crippen molar-refractivity contribution < 1.29 is 9.53 Å². The minimum Gasteiger partial charge on any atom is -0.466 e. The van der Waals surface area contributed by atoms with Crippen LogP contribution in [-0.4, -0.2) is 12.6 Å². The zero-order chi connectivity index (χ0) is 13.5. The van der Waals surface area contributed by atoms with Gasteiger partial charge < -0.3 is 10.5 Å². The summed E-state index contributed by atoms with van der Waals surface area (Å²) >= 11 is 0. The molecule has 4 heteroatoms. The van der Waals surface area contributed by atoms with Crippen LogP contribution in [0.3, 0.4) is 0 Å². The Morgan fingerprint density at radius 2 is 2.11 bits per heavy atom. The first kappa shape index (κ1) is 14.2. The number of carbonyl (C=O) groups excluding carboxylic acids is 1. The van der Waals surface area contributed by atoms with Crippen molar-refractivity contribution in [1.82, 2.24) is 0 Å². The Balaban J connectivity index is 3.20. The highest BCUT2D eigenvalue weighted by atomic mass is 16.5. The molecule has 1 aromatic carbocycles. The number of hydrogen-bond donors (Lipinski definition) is 1. The van der Waals surface area contributed by atoms with Crippen LogP contribution in [0.2, 0.25) is 0 Å². The lowest BCUT2D eigenvalue weighted by Crippen LogP contribution is -2.14. The third-order valence-corrected chi connectivity index (χ3v) is 2.86. The number of aryl methyl sites for hydroxylation is 1. The maximum absolute atomic E-state index is 11.6. The molecule has 0 bridgehead atoms. The molecule has 0 aliphatic rings. The van der Waals surface area contributed by atoms with Gasteiger partial charge >= 0.3 is 5.97 Å². The Bertz CT molecular complexity index is 475. The Kier molecular flexibility index (Phi) is 5.34. The number of nitriles is 1. The van der Waals surface area contributed by atoms with Gasteiger partial charge in [-0.05, 0) is 36.1 Å². The Morgan fingerprint density at radius 1 is 1.39 bits per heavy atom. The van der Waals surface area contributed by atoms with Gasteiger partial charge in [0.1, 0.15) is 0 Å². The third kappa shape index (κ3) is 3.08. The molecular formula is C14H18N2O2. The number of nitrogens with zero attached hydrogens (tertiary/aromatic N) is 1. The first-order chi connectivity index (χ1) is 8.67. The number of nitrogens with two attached hydrogens (primary N) is 1. The SMILES string of the molecule is CCOC(=O)Cc1c(C#N)ccc(CC)c1CN. The summed E-state index contributed by atoms with van der Waals surface area (Å²) in [7, 11) is 0. The topological polar surface area (TPSA) is 76.1 Å². The van der Waals surface area contributed by atoms with Gasteiger partial charge in [-0.15, -0.1) is 0 Å². The van der Waals surface area contributed by atoms with Crippen molar-refractivity contribution in [1.29, 1.82) is 5.26 Å². The van der Waals surface area contributed by atoms with E-state index >= 15 is 0 Å². The van der Waals surface area contributed by atoms with Crippen molar-refractivity contribution in [2.24, 2.45) is 5.73 Å². The zero-order valence-corrected chi connectivity index (χ0v) is 10.8. The van der Waals surface area contributed by atoms with Gasteiger partial charge in [-0.3, -0.25) is 4.79 Å². The molecule has 96 valence electrons. The minimum atomic E-state index is -0.322. The van der Waals surface area contributed by atoms with Crippen LogP contribution in [0, 0.1) is 11.3 Å². The second-order valence-corrected chi connectivity index (χ2v) is 3.88. The van der Waals surface area contributed by atoms with Crippen LogP contribution in [0.1, 0.15) is 36.1 Å². The van der Waals surface area contributed by atoms with E-state index in [0.29, 0.717) is 24.3 Å². The predicted octanol–water partition coefficient (Wildman–Crippen LogP) is 1.68. The minimum absolute atomic E-state index is 0.108. The highest BCUT2D eigenvalue weighted by Gasteiger charge is 2.15. The monoisotopic (exact) mass is 246 g/mol. The normalized spacial score (nSPS) is 9.89. The molecule has 0 saturated heterocycles. The molecule has 0 spiro atoms. The molecule has 0 radical (unpaired) electrons. The summed E-state index contributed by atoms with van der Waals surface area (Å²) < 4.78 is 4.93. The van der Waals surface area contributed by atoms with Crippen LogP contribution in [0.4, 0.5) is 0 Å². The molecule has 0 amide bonds. The molecule has 0 heterocycles. The average molecular weight is 246 g/mol. The van der Waals surface area contributed by atoms with Crippen LogP contribution in [0.15, 0.2) is 12.1 Å². The van der Waals surface area contributed by atoms with Gasteiger partial charge in [0, 0.05) is 6.54 Å². The molecule has 18 heavy (non-hydrogen) atoms. The lowest BCUT2D eigenvalue weighted by molar-refractivity contribution is -0.142. The van der Waals surface area contributed by atoms with Crippen molar-refractivity contribution in [3.63, 3.8) is 0 Å². The molecule has 0 aliphatic heterocycles. The van der Waals surface area contributed by atoms with E-state index in [-0.39, 0.29) is 12.4 Å². The molecule has 0 fully saturated rings. The van der Waals surface area contributed by atoms with Gasteiger partial charge in [0.2, 0.25) is 0 Å². The number of ether oxygens (including phenoxy) is 1. The van der Waals surface area contributed by atoms with E-state index in [2.05, 4.69) is 6.07 Å². The van der Waals surface area contributed by atoms with E-state index in [1.165, 1.54) is 0 Å². The molecule has 1 aromatic rings. The summed E-state index contributed by atoms with van der Waals surface area (Å²) in [5.74, 6) is -0.322. The third-order valence-electron chi connectivity index (χ3n) is 2.86. The van der Waals surface area contributed by atoms with E-state index in [4.69, 9.17) is 15.7 Å². The van der Waals surface area contributed by atoms with E-state index in [1.807, 2.05) is 13.0 Å². The number of carbonyl (C=O) groups is 1. The molecule has 2 N–H and O–H groups in total.